The second-order valence-electron chi connectivity index (χ2n) is 5.64. The van der Waals surface area contributed by atoms with Crippen LogP contribution in [0, 0.1) is 12.8 Å². The number of hydrogen-bond acceptors (Lipinski definition) is 3. The molecule has 0 spiro atoms. The molecule has 2 aliphatic heterocycles. The van der Waals surface area contributed by atoms with Gasteiger partial charge in [0.1, 0.15) is 0 Å². The van der Waals surface area contributed by atoms with Crippen LogP contribution >= 0.6 is 0 Å². The molecule has 1 aromatic heterocycles. The Labute approximate surface area is 113 Å². The van der Waals surface area contributed by atoms with E-state index in [1.165, 1.54) is 5.56 Å². The van der Waals surface area contributed by atoms with Crippen molar-refractivity contribution in [2.45, 2.75) is 32.2 Å². The van der Waals surface area contributed by atoms with Gasteiger partial charge in [0.15, 0.2) is 0 Å². The summed E-state index contributed by atoms with van der Waals surface area (Å²) in [5.41, 5.74) is 1.17. The van der Waals surface area contributed by atoms with E-state index in [4.69, 9.17) is 4.74 Å². The Morgan fingerprint density at radius 2 is 2.37 bits per heavy atom. The highest BCUT2D eigenvalue weighted by molar-refractivity contribution is 5.79. The third-order valence-electron chi connectivity index (χ3n) is 4.09. The molecule has 0 aromatic carbocycles. The van der Waals surface area contributed by atoms with Crippen LogP contribution in [-0.2, 0) is 9.53 Å². The Bertz CT molecular complexity index is 451. The summed E-state index contributed by atoms with van der Waals surface area (Å²) in [6.45, 7) is 5.04. The van der Waals surface area contributed by atoms with Gasteiger partial charge in [-0.3, -0.25) is 9.48 Å². The van der Waals surface area contributed by atoms with Crippen LogP contribution in [0.1, 0.15) is 30.9 Å². The molecule has 1 aromatic rings. The molecule has 19 heavy (non-hydrogen) atoms. The fourth-order valence-electron chi connectivity index (χ4n) is 2.99. The Hall–Kier alpha value is -1.36. The summed E-state index contributed by atoms with van der Waals surface area (Å²) >= 11 is 0. The van der Waals surface area contributed by atoms with E-state index in [0.29, 0.717) is 12.6 Å². The van der Waals surface area contributed by atoms with Crippen molar-refractivity contribution in [3.8, 4) is 0 Å². The van der Waals surface area contributed by atoms with Crippen LogP contribution in [0.15, 0.2) is 12.4 Å². The molecule has 0 N–H and O–H groups in total. The number of rotatable bonds is 2. The van der Waals surface area contributed by atoms with Crippen LogP contribution < -0.4 is 0 Å². The zero-order chi connectivity index (χ0) is 13.2. The van der Waals surface area contributed by atoms with Crippen LogP contribution in [0.2, 0.25) is 0 Å². The van der Waals surface area contributed by atoms with Crippen molar-refractivity contribution in [2.75, 3.05) is 26.3 Å². The lowest BCUT2D eigenvalue weighted by Crippen LogP contribution is -2.43. The maximum Gasteiger partial charge on any atom is 0.228 e. The largest absolute Gasteiger partial charge is 0.381 e. The Morgan fingerprint density at radius 3 is 3.05 bits per heavy atom. The summed E-state index contributed by atoms with van der Waals surface area (Å²) in [7, 11) is 0. The fourth-order valence-corrected chi connectivity index (χ4v) is 2.99. The zero-order valence-corrected chi connectivity index (χ0v) is 11.4. The first-order valence-electron chi connectivity index (χ1n) is 7.11. The predicted octanol–water partition coefficient (Wildman–Crippen LogP) is 1.39. The van der Waals surface area contributed by atoms with Crippen LogP contribution in [0.3, 0.4) is 0 Å². The number of hydrogen-bond donors (Lipinski definition) is 0. The monoisotopic (exact) mass is 263 g/mol. The summed E-state index contributed by atoms with van der Waals surface area (Å²) < 4.78 is 7.33. The van der Waals surface area contributed by atoms with E-state index >= 15 is 0 Å². The van der Waals surface area contributed by atoms with E-state index in [0.717, 1.165) is 39.0 Å². The molecular weight excluding hydrogens is 242 g/mol. The molecule has 2 aliphatic rings. The van der Waals surface area contributed by atoms with E-state index in [1.807, 2.05) is 22.7 Å². The molecule has 3 heterocycles. The number of piperidine rings is 1. The lowest BCUT2D eigenvalue weighted by molar-refractivity contribution is -0.137. The lowest BCUT2D eigenvalue weighted by atomic mass is 10.0. The molecule has 0 aliphatic carbocycles. The number of carbonyl (C=O) groups excluding carboxylic acids is 1. The highest BCUT2D eigenvalue weighted by Gasteiger charge is 2.31. The van der Waals surface area contributed by atoms with E-state index in [9.17, 15) is 4.79 Å². The van der Waals surface area contributed by atoms with Crippen molar-refractivity contribution in [1.29, 1.82) is 0 Å². The summed E-state index contributed by atoms with van der Waals surface area (Å²) in [5, 5.41) is 4.38. The molecular formula is C14H21N3O2. The Morgan fingerprint density at radius 1 is 1.47 bits per heavy atom. The van der Waals surface area contributed by atoms with Gasteiger partial charge in [0.2, 0.25) is 5.91 Å². The molecule has 0 bridgehead atoms. The zero-order valence-electron chi connectivity index (χ0n) is 11.4. The third-order valence-corrected chi connectivity index (χ3v) is 4.09. The highest BCUT2D eigenvalue weighted by Crippen LogP contribution is 2.24. The molecule has 2 fully saturated rings. The van der Waals surface area contributed by atoms with Crippen molar-refractivity contribution in [2.24, 2.45) is 5.92 Å². The molecule has 0 saturated carbocycles. The standard InChI is InChI=1S/C14H21N3O2/c1-11-7-15-17(8-11)13-3-2-5-16(9-13)14(18)12-4-6-19-10-12/h7-8,12-13H,2-6,9-10H2,1H3. The summed E-state index contributed by atoms with van der Waals surface area (Å²) in [5.74, 6) is 0.351. The van der Waals surface area contributed by atoms with Gasteiger partial charge in [-0.2, -0.15) is 5.10 Å². The minimum atomic E-state index is 0.0816. The molecule has 2 atom stereocenters. The van der Waals surface area contributed by atoms with Gasteiger partial charge in [0, 0.05) is 25.9 Å². The molecule has 1 amide bonds. The molecule has 2 unspecified atom stereocenters. The second kappa shape index (κ2) is 5.33. The Kier molecular flexibility index (Phi) is 3.55. The van der Waals surface area contributed by atoms with Crippen LogP contribution in [0.5, 0.6) is 0 Å². The number of likely N-dealkylation sites (tertiary alicyclic amines) is 1. The summed E-state index contributed by atoms with van der Waals surface area (Å²) in [6, 6.07) is 0.328. The van der Waals surface area contributed by atoms with Crippen molar-refractivity contribution >= 4 is 5.91 Å². The SMILES string of the molecule is Cc1cnn(C2CCCN(C(=O)C3CCOC3)C2)c1. The Balaban J connectivity index is 1.65. The van der Waals surface area contributed by atoms with Crippen LogP contribution in [-0.4, -0.2) is 46.9 Å². The average molecular weight is 263 g/mol. The normalized spacial score (nSPS) is 27.7. The maximum atomic E-state index is 12.4. The fraction of sp³-hybridized carbons (Fsp3) is 0.714. The van der Waals surface area contributed by atoms with Crippen molar-refractivity contribution in [3.63, 3.8) is 0 Å². The molecule has 3 rings (SSSR count). The van der Waals surface area contributed by atoms with Gasteiger partial charge < -0.3 is 9.64 Å². The average Bonchev–Trinajstić information content (AvgIpc) is 3.09. The number of aromatic nitrogens is 2. The van der Waals surface area contributed by atoms with E-state index in [1.54, 1.807) is 0 Å². The van der Waals surface area contributed by atoms with Crippen molar-refractivity contribution in [3.05, 3.63) is 18.0 Å². The third kappa shape index (κ3) is 2.66. The molecule has 0 radical (unpaired) electrons. The number of ether oxygens (including phenoxy) is 1. The van der Waals surface area contributed by atoms with E-state index < -0.39 is 0 Å². The summed E-state index contributed by atoms with van der Waals surface area (Å²) in [6.07, 6.45) is 6.98. The van der Waals surface area contributed by atoms with Gasteiger partial charge in [-0.05, 0) is 31.7 Å². The van der Waals surface area contributed by atoms with Gasteiger partial charge in [-0.15, -0.1) is 0 Å². The van der Waals surface area contributed by atoms with Crippen LogP contribution in [0.4, 0.5) is 0 Å². The number of amides is 1. The predicted molar refractivity (Wildman–Crippen MR) is 70.7 cm³/mol. The first-order valence-corrected chi connectivity index (χ1v) is 7.11. The first-order chi connectivity index (χ1) is 9.24. The molecule has 5 heteroatoms. The van der Waals surface area contributed by atoms with E-state index in [2.05, 4.69) is 11.3 Å². The smallest absolute Gasteiger partial charge is 0.228 e. The van der Waals surface area contributed by atoms with Crippen molar-refractivity contribution in [1.82, 2.24) is 14.7 Å². The molecule has 2 saturated heterocycles. The van der Waals surface area contributed by atoms with Gasteiger partial charge in [-0.25, -0.2) is 0 Å². The van der Waals surface area contributed by atoms with Gasteiger partial charge >= 0.3 is 0 Å². The van der Waals surface area contributed by atoms with E-state index in [-0.39, 0.29) is 11.8 Å². The second-order valence-corrected chi connectivity index (χ2v) is 5.64. The molecule has 104 valence electrons. The maximum absolute atomic E-state index is 12.4. The molecule has 5 nitrogen and oxygen atoms in total. The lowest BCUT2D eigenvalue weighted by Gasteiger charge is -2.34. The first kappa shape index (κ1) is 12.7. The van der Waals surface area contributed by atoms with Crippen molar-refractivity contribution < 1.29 is 9.53 Å². The minimum Gasteiger partial charge on any atom is -0.381 e. The van der Waals surface area contributed by atoms with Gasteiger partial charge in [-0.1, -0.05) is 0 Å². The topological polar surface area (TPSA) is 47.4 Å². The number of aryl methyl sites for hydroxylation is 1. The number of carbonyl (C=O) groups is 1. The number of nitrogens with zero attached hydrogens (tertiary/aromatic N) is 3. The quantitative estimate of drug-likeness (QED) is 0.810. The van der Waals surface area contributed by atoms with Gasteiger partial charge in [0.05, 0.1) is 24.8 Å². The van der Waals surface area contributed by atoms with Gasteiger partial charge in [0.25, 0.3) is 0 Å². The summed E-state index contributed by atoms with van der Waals surface area (Å²) in [4.78, 5) is 14.4. The minimum absolute atomic E-state index is 0.0816. The van der Waals surface area contributed by atoms with Crippen LogP contribution in [0.25, 0.3) is 0 Å². The highest BCUT2D eigenvalue weighted by atomic mass is 16.5.